The first kappa shape index (κ1) is 30.1. The highest BCUT2D eigenvalue weighted by molar-refractivity contribution is 5.86. The van der Waals surface area contributed by atoms with Crippen LogP contribution >= 0.6 is 0 Å². The number of alkyl halides is 1. The largest absolute Gasteiger partial charge is 0.487 e. The molecule has 4 atom stereocenters. The third-order valence-corrected chi connectivity index (χ3v) is 9.77. The molecule has 3 fully saturated rings. The number of likely N-dealkylation sites (tertiary alicyclic amines) is 1. The van der Waals surface area contributed by atoms with Gasteiger partial charge in [-0.2, -0.15) is 0 Å². The molecule has 11 heteroatoms. The molecule has 2 heterocycles. The highest BCUT2D eigenvalue weighted by Crippen LogP contribution is 2.54. The van der Waals surface area contributed by atoms with E-state index in [-0.39, 0.29) is 35.2 Å². The van der Waals surface area contributed by atoms with Crippen LogP contribution < -0.4 is 16.3 Å². The van der Waals surface area contributed by atoms with Crippen molar-refractivity contribution in [1.82, 2.24) is 14.8 Å². The van der Waals surface area contributed by atoms with E-state index in [9.17, 15) is 23.9 Å². The van der Waals surface area contributed by atoms with Crippen LogP contribution in [-0.4, -0.2) is 77.2 Å². The zero-order valence-corrected chi connectivity index (χ0v) is 24.9. The molecule has 1 saturated heterocycles. The molecule has 1 aromatic carbocycles. The van der Waals surface area contributed by atoms with Gasteiger partial charge in [-0.25, -0.2) is 10.2 Å². The Labute approximate surface area is 246 Å². The number of nitrogens with two attached hydrogens (primary N) is 2. The van der Waals surface area contributed by atoms with E-state index in [0.717, 1.165) is 47.4 Å². The predicted molar refractivity (Wildman–Crippen MR) is 155 cm³/mol. The molecule has 1 aromatic rings. The van der Waals surface area contributed by atoms with Crippen LogP contribution in [-0.2, 0) is 20.8 Å². The standard InChI is InChI=1S/C31H44FN5O5/c1-18-8-9-25(42-16-23(33)28(19(2)32)35(3)34)27-20(18)10-13-37(29(39)21-6-4-5-7-22(21)30(40)41)24(27)15-36-17-31(11-12-31)14-26(36)38/h8-9,19,21-22,24H,4-7,10-17,33-34H2,1-3H3,(H,40,41)/b28-23-. The van der Waals surface area contributed by atoms with E-state index in [1.807, 2.05) is 24.0 Å². The molecule has 2 aliphatic carbocycles. The number of carboxylic acid groups (broad SMARTS) is 1. The van der Waals surface area contributed by atoms with Gasteiger partial charge in [0.25, 0.3) is 0 Å². The highest BCUT2D eigenvalue weighted by Gasteiger charge is 2.53. The van der Waals surface area contributed by atoms with E-state index >= 15 is 0 Å². The minimum Gasteiger partial charge on any atom is -0.487 e. The van der Waals surface area contributed by atoms with Gasteiger partial charge < -0.3 is 30.4 Å². The van der Waals surface area contributed by atoms with E-state index < -0.39 is 30.0 Å². The van der Waals surface area contributed by atoms with Gasteiger partial charge in [0.2, 0.25) is 11.8 Å². The van der Waals surface area contributed by atoms with Gasteiger partial charge >= 0.3 is 5.97 Å². The summed E-state index contributed by atoms with van der Waals surface area (Å²) in [5.74, 6) is 3.99. The van der Waals surface area contributed by atoms with Gasteiger partial charge in [0.05, 0.1) is 29.3 Å². The minimum atomic E-state index is -1.40. The molecule has 42 heavy (non-hydrogen) atoms. The van der Waals surface area contributed by atoms with Crippen molar-refractivity contribution in [2.45, 2.75) is 77.4 Å². The Morgan fingerprint density at radius 3 is 2.52 bits per heavy atom. The molecule has 2 saturated carbocycles. The van der Waals surface area contributed by atoms with Gasteiger partial charge in [-0.15, -0.1) is 0 Å². The smallest absolute Gasteiger partial charge is 0.307 e. The van der Waals surface area contributed by atoms with Crippen LogP contribution in [0.3, 0.4) is 0 Å². The van der Waals surface area contributed by atoms with Crippen LogP contribution in [0.2, 0.25) is 0 Å². The summed E-state index contributed by atoms with van der Waals surface area (Å²) in [6.45, 7) is 4.66. The van der Waals surface area contributed by atoms with E-state index in [2.05, 4.69) is 0 Å². The Balaban J connectivity index is 1.52. The maximum absolute atomic E-state index is 14.3. The first-order valence-electron chi connectivity index (χ1n) is 15.1. The number of amides is 2. The Kier molecular flexibility index (Phi) is 8.42. The Morgan fingerprint density at radius 1 is 1.24 bits per heavy atom. The fraction of sp³-hybridized carbons (Fsp3) is 0.645. The number of rotatable bonds is 9. The number of aryl methyl sites for hydroxylation is 1. The normalized spacial score (nSPS) is 26.0. The average Bonchev–Trinajstić information content (AvgIpc) is 3.62. The lowest BCUT2D eigenvalue weighted by molar-refractivity contribution is -0.154. The molecule has 0 bridgehead atoms. The quantitative estimate of drug-likeness (QED) is 0.297. The summed E-state index contributed by atoms with van der Waals surface area (Å²) < 4.78 is 20.5. The van der Waals surface area contributed by atoms with Crippen molar-refractivity contribution in [1.29, 1.82) is 0 Å². The molecule has 2 amide bonds. The summed E-state index contributed by atoms with van der Waals surface area (Å²) in [6.07, 6.45) is 4.39. The third-order valence-electron chi connectivity index (χ3n) is 9.77. The van der Waals surface area contributed by atoms with Crippen LogP contribution in [0.1, 0.15) is 74.6 Å². The third kappa shape index (κ3) is 5.80. The van der Waals surface area contributed by atoms with Gasteiger partial charge in [-0.05, 0) is 68.6 Å². The van der Waals surface area contributed by atoms with Crippen LogP contribution in [0.5, 0.6) is 5.75 Å². The monoisotopic (exact) mass is 585 g/mol. The van der Waals surface area contributed by atoms with Crippen molar-refractivity contribution >= 4 is 17.8 Å². The molecule has 0 radical (unpaired) electrons. The maximum Gasteiger partial charge on any atom is 0.307 e. The topological polar surface area (TPSA) is 142 Å². The number of carbonyl (C=O) groups is 3. The van der Waals surface area contributed by atoms with Gasteiger partial charge in [0.15, 0.2) is 0 Å². The summed E-state index contributed by atoms with van der Waals surface area (Å²) in [6, 6.07) is 3.28. The summed E-state index contributed by atoms with van der Waals surface area (Å²) in [4.78, 5) is 43.2. The van der Waals surface area contributed by atoms with Crippen molar-refractivity contribution < 1.29 is 28.6 Å². The zero-order valence-electron chi connectivity index (χ0n) is 24.9. The average molecular weight is 586 g/mol. The number of hydrazine groups is 1. The van der Waals surface area contributed by atoms with Gasteiger partial charge in [0, 0.05) is 38.7 Å². The SMILES string of the molecule is Cc1ccc(OC/C(N)=C(\C(C)F)N(C)N)c2c1CCN(C(=O)C1CCCCC1C(=O)O)C2CN1CC2(CC2)CC1=O. The van der Waals surface area contributed by atoms with Gasteiger partial charge in [-0.3, -0.25) is 14.4 Å². The van der Waals surface area contributed by atoms with Crippen molar-refractivity contribution in [3.63, 3.8) is 0 Å². The number of aliphatic carboxylic acids is 1. The number of hydrogen-bond donors (Lipinski definition) is 3. The number of hydrogen-bond acceptors (Lipinski definition) is 7. The fourth-order valence-electron chi connectivity index (χ4n) is 7.37. The molecule has 5 rings (SSSR count). The number of allylic oxidation sites excluding steroid dienone is 1. The molecular formula is C31H44FN5O5. The van der Waals surface area contributed by atoms with Crippen molar-refractivity contribution in [3.8, 4) is 5.75 Å². The van der Waals surface area contributed by atoms with Crippen LogP contribution in [0, 0.1) is 24.2 Å². The Morgan fingerprint density at radius 2 is 1.93 bits per heavy atom. The van der Waals surface area contributed by atoms with Crippen LogP contribution in [0.15, 0.2) is 23.5 Å². The predicted octanol–water partition coefficient (Wildman–Crippen LogP) is 3.04. The maximum atomic E-state index is 14.3. The molecule has 5 N–H and O–H groups in total. The van der Waals surface area contributed by atoms with Crippen LogP contribution in [0.4, 0.5) is 4.39 Å². The summed E-state index contributed by atoms with van der Waals surface area (Å²) in [7, 11) is 1.51. The van der Waals surface area contributed by atoms with E-state index in [1.54, 1.807) is 4.90 Å². The molecule has 4 aliphatic rings. The minimum absolute atomic E-state index is 0.0556. The second-order valence-electron chi connectivity index (χ2n) is 12.8. The number of halogens is 1. The van der Waals surface area contributed by atoms with Crippen molar-refractivity contribution in [2.75, 3.05) is 33.3 Å². The Bertz CT molecular complexity index is 1270. The van der Waals surface area contributed by atoms with Crippen LogP contribution in [0.25, 0.3) is 0 Å². The van der Waals surface area contributed by atoms with Crippen molar-refractivity contribution in [2.24, 2.45) is 28.8 Å². The van der Waals surface area contributed by atoms with Crippen molar-refractivity contribution in [3.05, 3.63) is 40.2 Å². The van der Waals surface area contributed by atoms with Gasteiger partial charge in [0.1, 0.15) is 18.5 Å². The van der Waals surface area contributed by atoms with E-state index in [0.29, 0.717) is 51.1 Å². The number of benzene rings is 1. The fourth-order valence-corrected chi connectivity index (χ4v) is 7.37. The molecule has 230 valence electrons. The Hall–Kier alpha value is -3.34. The molecule has 10 nitrogen and oxygen atoms in total. The van der Waals surface area contributed by atoms with Gasteiger partial charge in [-0.1, -0.05) is 18.9 Å². The number of ether oxygens (including phenoxy) is 1. The summed E-state index contributed by atoms with van der Waals surface area (Å²) in [5.41, 5.74) is 9.47. The number of fused-ring (bicyclic) bond motifs is 1. The lowest BCUT2D eigenvalue weighted by Gasteiger charge is -2.43. The molecular weight excluding hydrogens is 541 g/mol. The van der Waals surface area contributed by atoms with E-state index in [1.165, 1.54) is 14.0 Å². The molecule has 1 spiro atoms. The molecule has 4 unspecified atom stereocenters. The lowest BCUT2D eigenvalue weighted by Crippen LogP contribution is -2.50. The number of nitrogens with zero attached hydrogens (tertiary/aromatic N) is 3. The van der Waals surface area contributed by atoms with E-state index in [4.69, 9.17) is 16.3 Å². The second kappa shape index (κ2) is 11.7. The highest BCUT2D eigenvalue weighted by atomic mass is 19.1. The number of carboxylic acids is 1. The number of carbonyl (C=O) groups excluding carboxylic acids is 2. The summed E-state index contributed by atoms with van der Waals surface area (Å²) in [5, 5.41) is 11.1. The first-order valence-corrected chi connectivity index (χ1v) is 15.1. The zero-order chi connectivity index (χ0) is 30.3. The second-order valence-corrected chi connectivity index (χ2v) is 12.8. The summed E-state index contributed by atoms with van der Waals surface area (Å²) >= 11 is 0. The lowest BCUT2D eigenvalue weighted by atomic mass is 9.77. The molecule has 2 aliphatic heterocycles. The molecule has 0 aromatic heterocycles. The first-order chi connectivity index (χ1) is 19.9.